The van der Waals surface area contributed by atoms with Crippen molar-refractivity contribution < 1.29 is 18.1 Å². The number of amidine groups is 1. The molecule has 0 aliphatic carbocycles. The Bertz CT molecular complexity index is 1910. The SMILES string of the molecule is COc1ccc(C2=N/C(=N\c3c(-c4ccccc4)c(Br)c(-c4ccc(OC)cc4)n3B(F)F)C(c3ccccc3)=C2Br)cc1. The number of rotatable bonds is 8. The fourth-order valence-electron chi connectivity index (χ4n) is 5.13. The van der Waals surface area contributed by atoms with Gasteiger partial charge >= 0.3 is 7.40 Å². The predicted molar refractivity (Wildman–Crippen MR) is 182 cm³/mol. The molecule has 0 radical (unpaired) electrons. The fraction of sp³-hybridized carbons (Fsp3) is 0.0588. The van der Waals surface area contributed by atoms with Gasteiger partial charge in [0.2, 0.25) is 0 Å². The van der Waals surface area contributed by atoms with E-state index in [9.17, 15) is 0 Å². The van der Waals surface area contributed by atoms with Crippen LogP contribution < -0.4 is 9.47 Å². The molecule has 0 bridgehead atoms. The van der Waals surface area contributed by atoms with E-state index in [1.165, 1.54) is 0 Å². The lowest BCUT2D eigenvalue weighted by Gasteiger charge is -2.11. The molecule has 0 fully saturated rings. The zero-order valence-electron chi connectivity index (χ0n) is 23.6. The molecule has 10 heteroatoms. The Morgan fingerprint density at radius 2 is 1.20 bits per heavy atom. The maximum absolute atomic E-state index is 15.2. The summed E-state index contributed by atoms with van der Waals surface area (Å²) < 4.78 is 43.2. The molecule has 2 heterocycles. The predicted octanol–water partition coefficient (Wildman–Crippen LogP) is 9.71. The molecule has 0 N–H and O–H groups in total. The topological polar surface area (TPSA) is 48.1 Å². The first-order chi connectivity index (χ1) is 21.4. The molecule has 4 aromatic carbocycles. The van der Waals surface area contributed by atoms with Crippen LogP contribution in [0, 0.1) is 0 Å². The number of allylic oxidation sites excluding steroid dienone is 1. The first kappa shape index (κ1) is 29.8. The summed E-state index contributed by atoms with van der Waals surface area (Å²) in [5.41, 5.74) is 5.13. The van der Waals surface area contributed by atoms with Crippen molar-refractivity contribution in [3.63, 3.8) is 0 Å². The number of aromatic nitrogens is 1. The average Bonchev–Trinajstić information content (AvgIpc) is 3.54. The summed E-state index contributed by atoms with van der Waals surface area (Å²) in [6.07, 6.45) is 0. The monoisotopic (exact) mass is 713 g/mol. The lowest BCUT2D eigenvalue weighted by atomic mass is 10.0. The van der Waals surface area contributed by atoms with Crippen molar-refractivity contribution in [3.05, 3.63) is 129 Å². The lowest BCUT2D eigenvalue weighted by molar-refractivity contribution is 0.414. The van der Waals surface area contributed by atoms with E-state index in [1.807, 2.05) is 84.9 Å². The zero-order chi connectivity index (χ0) is 30.8. The largest absolute Gasteiger partial charge is 0.679 e. The van der Waals surface area contributed by atoms with Crippen molar-refractivity contribution in [2.45, 2.75) is 0 Å². The normalized spacial score (nSPS) is 13.8. The molecule has 5 nitrogen and oxygen atoms in total. The van der Waals surface area contributed by atoms with E-state index in [1.54, 1.807) is 38.5 Å². The Hall–Kier alpha value is -4.28. The van der Waals surface area contributed by atoms with E-state index >= 15 is 8.63 Å². The van der Waals surface area contributed by atoms with E-state index < -0.39 is 7.40 Å². The van der Waals surface area contributed by atoms with Crippen molar-refractivity contribution in [1.82, 2.24) is 4.48 Å². The number of hydrogen-bond donors (Lipinski definition) is 0. The molecular weight excluding hydrogens is 691 g/mol. The summed E-state index contributed by atoms with van der Waals surface area (Å²) in [6, 6.07) is 33.5. The van der Waals surface area contributed by atoms with Gasteiger partial charge in [-0.05, 0) is 97.1 Å². The highest BCUT2D eigenvalue weighted by Crippen LogP contribution is 2.48. The summed E-state index contributed by atoms with van der Waals surface area (Å²) in [5.74, 6) is 1.71. The van der Waals surface area contributed by atoms with Crippen LogP contribution in [-0.2, 0) is 0 Å². The highest BCUT2D eigenvalue weighted by molar-refractivity contribution is 9.12. The van der Waals surface area contributed by atoms with Crippen molar-refractivity contribution in [1.29, 1.82) is 0 Å². The van der Waals surface area contributed by atoms with Gasteiger partial charge < -0.3 is 14.0 Å². The minimum atomic E-state index is -2.90. The molecule has 218 valence electrons. The van der Waals surface area contributed by atoms with Gasteiger partial charge in [0, 0.05) is 16.7 Å². The molecule has 0 saturated heterocycles. The maximum Gasteiger partial charge on any atom is 0.679 e. The number of aliphatic imine (C=N–C) groups is 2. The van der Waals surface area contributed by atoms with E-state index in [-0.39, 0.29) is 5.82 Å². The Morgan fingerprint density at radius 3 is 1.73 bits per heavy atom. The van der Waals surface area contributed by atoms with Crippen LogP contribution in [0.1, 0.15) is 11.1 Å². The van der Waals surface area contributed by atoms with Gasteiger partial charge in [-0.15, -0.1) is 0 Å². The van der Waals surface area contributed by atoms with Crippen molar-refractivity contribution in [3.8, 4) is 33.9 Å². The van der Waals surface area contributed by atoms with Crippen LogP contribution in [0.5, 0.6) is 11.5 Å². The molecule has 6 rings (SSSR count). The van der Waals surface area contributed by atoms with Gasteiger partial charge in [-0.3, -0.25) is 8.63 Å². The molecule has 5 aromatic rings. The number of halogens is 4. The molecular formula is C34H24BBr2F2N3O2. The van der Waals surface area contributed by atoms with Gasteiger partial charge in [0.25, 0.3) is 0 Å². The smallest absolute Gasteiger partial charge is 0.497 e. The first-order valence-electron chi connectivity index (χ1n) is 13.6. The molecule has 0 amide bonds. The number of hydrogen-bond acceptors (Lipinski definition) is 3. The van der Waals surface area contributed by atoms with Crippen LogP contribution in [0.2, 0.25) is 0 Å². The molecule has 1 aromatic heterocycles. The van der Waals surface area contributed by atoms with Crippen molar-refractivity contribution in [2.24, 2.45) is 9.98 Å². The average molecular weight is 715 g/mol. The van der Waals surface area contributed by atoms with Crippen LogP contribution in [-0.4, -0.2) is 37.6 Å². The Balaban J connectivity index is 1.64. The molecule has 0 unspecified atom stereocenters. The second-order valence-corrected chi connectivity index (χ2v) is 11.4. The Kier molecular flexibility index (Phi) is 8.64. The first-order valence-corrected chi connectivity index (χ1v) is 15.2. The van der Waals surface area contributed by atoms with Gasteiger partial charge in [0.05, 0.1) is 34.6 Å². The molecule has 0 spiro atoms. The third kappa shape index (κ3) is 5.55. The van der Waals surface area contributed by atoms with Gasteiger partial charge in [-0.25, -0.2) is 9.98 Å². The minimum absolute atomic E-state index is 0.0763. The minimum Gasteiger partial charge on any atom is -0.497 e. The second kappa shape index (κ2) is 12.8. The lowest BCUT2D eigenvalue weighted by Crippen LogP contribution is -2.14. The summed E-state index contributed by atoms with van der Waals surface area (Å²) in [6.45, 7) is 0. The Morgan fingerprint density at radius 1 is 0.682 bits per heavy atom. The van der Waals surface area contributed by atoms with Crippen molar-refractivity contribution in [2.75, 3.05) is 14.2 Å². The van der Waals surface area contributed by atoms with E-state index in [0.717, 1.165) is 21.2 Å². The quantitative estimate of drug-likeness (QED) is 0.150. The van der Waals surface area contributed by atoms with Crippen LogP contribution in [0.15, 0.2) is 128 Å². The Labute approximate surface area is 271 Å². The van der Waals surface area contributed by atoms with Gasteiger partial charge in [0.15, 0.2) is 5.84 Å². The molecule has 0 saturated carbocycles. The van der Waals surface area contributed by atoms with Crippen LogP contribution >= 0.6 is 31.9 Å². The number of nitrogens with zero attached hydrogens (tertiary/aromatic N) is 3. The van der Waals surface area contributed by atoms with E-state index in [4.69, 9.17) is 19.5 Å². The van der Waals surface area contributed by atoms with Gasteiger partial charge in [-0.1, -0.05) is 60.7 Å². The molecule has 1 aliphatic heterocycles. The summed E-state index contributed by atoms with van der Waals surface area (Å²) in [4.78, 5) is 9.89. The third-order valence-electron chi connectivity index (χ3n) is 7.25. The molecule has 0 atom stereocenters. The third-order valence-corrected chi connectivity index (χ3v) is 8.79. The van der Waals surface area contributed by atoms with Crippen LogP contribution in [0.25, 0.3) is 28.0 Å². The zero-order valence-corrected chi connectivity index (χ0v) is 26.8. The summed E-state index contributed by atoms with van der Waals surface area (Å²) in [7, 11) is 0.267. The van der Waals surface area contributed by atoms with E-state index in [0.29, 0.717) is 54.4 Å². The summed E-state index contributed by atoms with van der Waals surface area (Å²) >= 11 is 7.47. The maximum atomic E-state index is 15.2. The van der Waals surface area contributed by atoms with Crippen LogP contribution in [0.3, 0.4) is 0 Å². The van der Waals surface area contributed by atoms with Crippen molar-refractivity contribution >= 4 is 62.2 Å². The molecule has 44 heavy (non-hydrogen) atoms. The van der Waals surface area contributed by atoms with Gasteiger partial charge in [-0.2, -0.15) is 0 Å². The van der Waals surface area contributed by atoms with E-state index in [2.05, 4.69) is 31.9 Å². The fourth-order valence-corrected chi connectivity index (χ4v) is 6.68. The van der Waals surface area contributed by atoms with Gasteiger partial charge in [0.1, 0.15) is 17.3 Å². The van der Waals surface area contributed by atoms with Crippen LogP contribution in [0.4, 0.5) is 14.4 Å². The highest BCUT2D eigenvalue weighted by Gasteiger charge is 2.34. The molecule has 1 aliphatic rings. The standard InChI is InChI=1S/C34H24BBr2F2N3O2/c1-43-25-17-13-23(14-18-25)31-29(36)27(21-9-5-3-6-10-21)33(40-31)41-34-28(22-11-7-4-8-12-22)30(37)32(42(34)35(38)39)24-15-19-26(44-2)20-16-24/h3-20H,1-2H3/b41-33-. The summed E-state index contributed by atoms with van der Waals surface area (Å²) in [5, 5.41) is 0. The number of methoxy groups -OCH3 is 2. The second-order valence-electron chi connectivity index (χ2n) is 9.78. The highest BCUT2D eigenvalue weighted by atomic mass is 79.9. The number of benzene rings is 4. The number of ether oxygens (including phenoxy) is 2.